The van der Waals surface area contributed by atoms with Crippen molar-refractivity contribution >= 4 is 6.03 Å². The number of nitrogens with zero attached hydrogens (tertiary/aromatic N) is 2. The largest absolute Gasteiger partial charge is 0.369 e. The minimum atomic E-state index is 0.0631. The average Bonchev–Trinajstić information content (AvgIpc) is 2.34. The molecule has 2 fully saturated rings. The highest BCUT2D eigenvalue weighted by Crippen LogP contribution is 2.20. The summed E-state index contributed by atoms with van der Waals surface area (Å²) in [5.41, 5.74) is 0. The van der Waals surface area contributed by atoms with Gasteiger partial charge in [0.2, 0.25) is 0 Å². The smallest absolute Gasteiger partial charge is 0.317 e. The fourth-order valence-electron chi connectivity index (χ4n) is 2.65. The lowest BCUT2D eigenvalue weighted by atomic mass is 10.1. The first-order valence-electron chi connectivity index (χ1n) is 7.02. The molecule has 2 bridgehead atoms. The van der Waals surface area contributed by atoms with Crippen LogP contribution in [0.3, 0.4) is 0 Å². The second kappa shape index (κ2) is 5.89. The summed E-state index contributed by atoms with van der Waals surface area (Å²) in [5, 5.41) is 2.94. The number of fused-ring (bicyclic) bond motifs is 2. The van der Waals surface area contributed by atoms with Gasteiger partial charge in [0.15, 0.2) is 0 Å². The summed E-state index contributed by atoms with van der Waals surface area (Å²) in [6.45, 7) is 10.6. The second-order valence-electron chi connectivity index (χ2n) is 5.56. The maximum Gasteiger partial charge on any atom is 0.317 e. The van der Waals surface area contributed by atoms with Crippen molar-refractivity contribution in [2.45, 2.75) is 45.4 Å². The third kappa shape index (κ3) is 3.14. The molecule has 0 saturated carbocycles. The van der Waals surface area contributed by atoms with Crippen LogP contribution < -0.4 is 5.32 Å². The van der Waals surface area contributed by atoms with E-state index in [4.69, 9.17) is 4.74 Å². The highest BCUT2D eigenvalue weighted by atomic mass is 16.5. The number of morpholine rings is 2. The molecule has 2 atom stereocenters. The maximum absolute atomic E-state index is 11.9. The van der Waals surface area contributed by atoms with Gasteiger partial charge in [-0.1, -0.05) is 6.92 Å². The third-order valence-electron chi connectivity index (χ3n) is 3.65. The van der Waals surface area contributed by atoms with E-state index in [-0.39, 0.29) is 18.2 Å². The zero-order valence-corrected chi connectivity index (χ0v) is 11.7. The molecule has 2 aliphatic heterocycles. The summed E-state index contributed by atoms with van der Waals surface area (Å²) < 4.78 is 5.92. The van der Waals surface area contributed by atoms with Crippen molar-refractivity contribution in [3.05, 3.63) is 0 Å². The molecule has 2 saturated heterocycles. The number of carbonyl (C=O) groups is 1. The zero-order valence-electron chi connectivity index (χ0n) is 11.7. The number of ether oxygens (including phenoxy) is 1. The van der Waals surface area contributed by atoms with E-state index in [2.05, 4.69) is 31.0 Å². The summed E-state index contributed by atoms with van der Waals surface area (Å²) >= 11 is 0. The molecule has 2 unspecified atom stereocenters. The molecule has 0 spiro atoms. The summed E-state index contributed by atoms with van der Waals surface area (Å²) in [7, 11) is 0. The second-order valence-corrected chi connectivity index (χ2v) is 5.56. The molecule has 0 aliphatic carbocycles. The lowest BCUT2D eigenvalue weighted by Crippen LogP contribution is -2.62. The molecule has 0 aromatic heterocycles. The molecule has 2 rings (SSSR count). The average molecular weight is 255 g/mol. The van der Waals surface area contributed by atoms with Crippen LogP contribution in [-0.4, -0.2) is 66.8 Å². The van der Waals surface area contributed by atoms with Crippen LogP contribution in [0.1, 0.15) is 27.2 Å². The normalized spacial score (nSPS) is 28.6. The molecule has 0 aromatic rings. The van der Waals surface area contributed by atoms with Gasteiger partial charge >= 0.3 is 6.03 Å². The Hall–Kier alpha value is -0.810. The summed E-state index contributed by atoms with van der Waals surface area (Å²) in [6, 6.07) is 0.618. The summed E-state index contributed by atoms with van der Waals surface area (Å²) in [6.07, 6.45) is 1.32. The van der Waals surface area contributed by atoms with Gasteiger partial charge in [0.05, 0.1) is 12.2 Å². The lowest BCUT2D eigenvalue weighted by molar-refractivity contribution is -0.134. The Morgan fingerprint density at radius 3 is 2.39 bits per heavy atom. The van der Waals surface area contributed by atoms with Crippen LogP contribution in [0.25, 0.3) is 0 Å². The van der Waals surface area contributed by atoms with Crippen molar-refractivity contribution in [2.75, 3.05) is 32.7 Å². The Morgan fingerprint density at radius 1 is 1.28 bits per heavy atom. The predicted octanol–water partition coefficient (Wildman–Crippen LogP) is 0.899. The SMILES string of the molecule is CCCNC(=O)N1CC2CN(C(C)C)CC(C1)O2. The fraction of sp³-hybridized carbons (Fsp3) is 0.923. The van der Waals surface area contributed by atoms with Crippen LogP contribution in [0.15, 0.2) is 0 Å². The van der Waals surface area contributed by atoms with Gasteiger partial charge in [0.25, 0.3) is 0 Å². The van der Waals surface area contributed by atoms with Crippen LogP contribution in [0, 0.1) is 0 Å². The number of rotatable bonds is 3. The van der Waals surface area contributed by atoms with Crippen molar-refractivity contribution in [1.29, 1.82) is 0 Å². The monoisotopic (exact) mass is 255 g/mol. The van der Waals surface area contributed by atoms with Crippen LogP contribution in [-0.2, 0) is 4.74 Å². The Morgan fingerprint density at radius 2 is 1.89 bits per heavy atom. The van der Waals surface area contributed by atoms with E-state index >= 15 is 0 Å². The number of amides is 2. The third-order valence-corrected chi connectivity index (χ3v) is 3.65. The number of hydrogen-bond acceptors (Lipinski definition) is 3. The topological polar surface area (TPSA) is 44.8 Å². The van der Waals surface area contributed by atoms with E-state index in [0.717, 1.165) is 39.1 Å². The van der Waals surface area contributed by atoms with Crippen molar-refractivity contribution in [3.63, 3.8) is 0 Å². The van der Waals surface area contributed by atoms with Crippen molar-refractivity contribution in [2.24, 2.45) is 0 Å². The van der Waals surface area contributed by atoms with E-state index < -0.39 is 0 Å². The standard InChI is InChI=1S/C13H25N3O2/c1-4-5-14-13(17)16-8-11-6-15(10(2)3)7-12(9-16)18-11/h10-12H,4-9H2,1-3H3,(H,14,17). The van der Waals surface area contributed by atoms with E-state index in [1.807, 2.05) is 4.90 Å². The van der Waals surface area contributed by atoms with Gasteiger partial charge in [-0.2, -0.15) is 0 Å². The Balaban J connectivity index is 1.88. The molecule has 0 aromatic carbocycles. The molecular weight excluding hydrogens is 230 g/mol. The number of carbonyl (C=O) groups excluding carboxylic acids is 1. The number of urea groups is 1. The maximum atomic E-state index is 11.9. The zero-order chi connectivity index (χ0) is 13.1. The van der Waals surface area contributed by atoms with Crippen molar-refractivity contribution < 1.29 is 9.53 Å². The van der Waals surface area contributed by atoms with E-state index in [0.29, 0.717) is 6.04 Å². The van der Waals surface area contributed by atoms with Gasteiger partial charge in [0.1, 0.15) is 0 Å². The number of hydrogen-bond donors (Lipinski definition) is 1. The molecule has 1 N–H and O–H groups in total. The first-order chi connectivity index (χ1) is 8.60. The van der Waals surface area contributed by atoms with Gasteiger partial charge in [-0.05, 0) is 20.3 Å². The minimum absolute atomic E-state index is 0.0631. The summed E-state index contributed by atoms with van der Waals surface area (Å²) in [5.74, 6) is 0. The van der Waals surface area contributed by atoms with Gasteiger partial charge in [0, 0.05) is 38.8 Å². The van der Waals surface area contributed by atoms with Crippen LogP contribution >= 0.6 is 0 Å². The van der Waals surface area contributed by atoms with Crippen molar-refractivity contribution in [1.82, 2.24) is 15.1 Å². The first-order valence-corrected chi connectivity index (χ1v) is 7.02. The molecule has 104 valence electrons. The molecule has 0 radical (unpaired) electrons. The van der Waals surface area contributed by atoms with Gasteiger partial charge in [-0.25, -0.2) is 4.79 Å². The predicted molar refractivity (Wildman–Crippen MR) is 70.6 cm³/mol. The quantitative estimate of drug-likeness (QED) is 0.815. The van der Waals surface area contributed by atoms with E-state index in [9.17, 15) is 4.79 Å². The molecule has 5 heteroatoms. The highest BCUT2D eigenvalue weighted by Gasteiger charge is 2.37. The number of nitrogens with one attached hydrogen (secondary N) is 1. The Bertz CT molecular complexity index is 282. The fourth-order valence-corrected chi connectivity index (χ4v) is 2.65. The van der Waals surface area contributed by atoms with Crippen LogP contribution in [0.2, 0.25) is 0 Å². The Kier molecular flexibility index (Phi) is 4.45. The molecule has 2 heterocycles. The minimum Gasteiger partial charge on any atom is -0.369 e. The van der Waals surface area contributed by atoms with Gasteiger partial charge in [-0.3, -0.25) is 4.90 Å². The first kappa shape index (κ1) is 13.6. The molecule has 18 heavy (non-hydrogen) atoms. The molecule has 2 amide bonds. The van der Waals surface area contributed by atoms with Crippen molar-refractivity contribution in [3.8, 4) is 0 Å². The van der Waals surface area contributed by atoms with Gasteiger partial charge < -0.3 is 15.0 Å². The molecule has 2 aliphatic rings. The lowest BCUT2D eigenvalue weighted by Gasteiger charge is -2.46. The van der Waals surface area contributed by atoms with E-state index in [1.54, 1.807) is 0 Å². The van der Waals surface area contributed by atoms with Crippen LogP contribution in [0.4, 0.5) is 4.79 Å². The highest BCUT2D eigenvalue weighted by molar-refractivity contribution is 5.74. The molecular formula is C13H25N3O2. The Labute approximate surface area is 109 Å². The summed E-state index contributed by atoms with van der Waals surface area (Å²) in [4.78, 5) is 16.3. The van der Waals surface area contributed by atoms with E-state index in [1.165, 1.54) is 0 Å². The van der Waals surface area contributed by atoms with Gasteiger partial charge in [-0.15, -0.1) is 0 Å². The molecule has 5 nitrogen and oxygen atoms in total. The van der Waals surface area contributed by atoms with Crippen LogP contribution in [0.5, 0.6) is 0 Å².